The molecule has 10 nitrogen and oxygen atoms in total. The number of aromatic amines is 1. The highest BCUT2D eigenvalue weighted by molar-refractivity contribution is 6.34. The molecule has 0 aliphatic heterocycles. The highest BCUT2D eigenvalue weighted by Crippen LogP contribution is 2.38. The molecular weight excluding hydrogens is 300 g/mol. The molecule has 0 bridgehead atoms. The molecule has 1 amide bonds. The molecule has 0 radical (unpaired) electrons. The predicted molar refractivity (Wildman–Crippen MR) is 72.4 cm³/mol. The van der Waals surface area contributed by atoms with Crippen molar-refractivity contribution in [3.63, 3.8) is 0 Å². The average Bonchev–Trinajstić information content (AvgIpc) is 2.77. The van der Waals surface area contributed by atoms with Crippen LogP contribution in [0.3, 0.4) is 0 Å². The Bertz CT molecular complexity index is 750. The number of amides is 1. The van der Waals surface area contributed by atoms with Gasteiger partial charge in [-0.3, -0.25) is 14.9 Å². The number of carbonyl (C=O) groups is 1. The Kier molecular flexibility index (Phi) is 3.29. The lowest BCUT2D eigenvalue weighted by Gasteiger charge is -2.25. The van der Waals surface area contributed by atoms with Crippen LogP contribution in [0.5, 0.6) is 0 Å². The highest BCUT2D eigenvalue weighted by atomic mass is 35.5. The number of aromatic nitrogens is 6. The molecule has 1 aliphatic rings. The lowest BCUT2D eigenvalue weighted by Crippen LogP contribution is -2.27. The van der Waals surface area contributed by atoms with E-state index in [0.29, 0.717) is 5.56 Å². The molecule has 3 rings (SSSR count). The molecule has 1 fully saturated rings. The van der Waals surface area contributed by atoms with Crippen molar-refractivity contribution in [3.05, 3.63) is 26.6 Å². The molecule has 2 heterocycles. The van der Waals surface area contributed by atoms with Crippen molar-refractivity contribution in [2.75, 3.05) is 11.2 Å². The van der Waals surface area contributed by atoms with Crippen molar-refractivity contribution < 1.29 is 4.79 Å². The van der Waals surface area contributed by atoms with Crippen molar-refractivity contribution in [1.82, 2.24) is 30.5 Å². The molecular formula is C10H11ClN8O2. The van der Waals surface area contributed by atoms with Crippen LogP contribution in [0.15, 0.2) is 4.79 Å². The van der Waals surface area contributed by atoms with Crippen LogP contribution < -0.4 is 16.7 Å². The van der Waals surface area contributed by atoms with E-state index in [1.165, 1.54) is 0 Å². The Labute approximate surface area is 122 Å². The largest absolute Gasteiger partial charge is 0.318 e. The number of hydrogen-bond donors (Lipinski definition) is 3. The van der Waals surface area contributed by atoms with E-state index in [9.17, 15) is 9.59 Å². The third-order valence-corrected chi connectivity index (χ3v) is 3.79. The smallest absolute Gasteiger partial charge is 0.280 e. The van der Waals surface area contributed by atoms with Crippen molar-refractivity contribution in [3.8, 4) is 0 Å². The summed E-state index contributed by atoms with van der Waals surface area (Å²) in [5.41, 5.74) is -0.0681. The number of halogens is 1. The van der Waals surface area contributed by atoms with Crippen LogP contribution in [0.2, 0.25) is 5.02 Å². The number of hydrogen-bond acceptors (Lipinski definition) is 7. The normalized spacial score (nSPS) is 14.7. The highest BCUT2D eigenvalue weighted by Gasteiger charge is 2.28. The van der Waals surface area contributed by atoms with Gasteiger partial charge in [-0.15, -0.1) is 4.79 Å². The van der Waals surface area contributed by atoms with Gasteiger partial charge in [-0.05, 0) is 29.2 Å². The van der Waals surface area contributed by atoms with Gasteiger partial charge in [0.1, 0.15) is 0 Å². The molecule has 0 atom stereocenters. The third-order valence-electron chi connectivity index (χ3n) is 3.40. The fourth-order valence-corrected chi connectivity index (χ4v) is 2.46. The summed E-state index contributed by atoms with van der Waals surface area (Å²) in [4.78, 5) is 24.8. The van der Waals surface area contributed by atoms with Gasteiger partial charge in [0, 0.05) is 5.56 Å². The van der Waals surface area contributed by atoms with E-state index < -0.39 is 5.91 Å². The van der Waals surface area contributed by atoms with E-state index in [0.717, 1.165) is 24.1 Å². The zero-order valence-corrected chi connectivity index (χ0v) is 11.5. The SMILES string of the molecule is Nn1nnnc1NC(=O)c1n[nH]c(=O)c(C2CCC2)c1Cl. The molecule has 21 heavy (non-hydrogen) atoms. The van der Waals surface area contributed by atoms with Crippen LogP contribution in [0.25, 0.3) is 0 Å². The molecule has 1 aliphatic carbocycles. The number of tetrazole rings is 1. The molecule has 0 aromatic carbocycles. The average molecular weight is 311 g/mol. The van der Waals surface area contributed by atoms with E-state index in [1.807, 2.05) is 0 Å². The lowest BCUT2D eigenvalue weighted by atomic mass is 9.80. The number of carbonyl (C=O) groups excluding carboxylic acids is 1. The molecule has 2 aromatic heterocycles. The topological polar surface area (TPSA) is 144 Å². The first-order chi connectivity index (χ1) is 10.1. The number of nitrogen functional groups attached to an aromatic ring is 1. The van der Waals surface area contributed by atoms with Gasteiger partial charge in [0.05, 0.1) is 5.02 Å². The Morgan fingerprint density at radius 2 is 2.24 bits per heavy atom. The molecule has 1 saturated carbocycles. The second-order valence-electron chi connectivity index (χ2n) is 4.66. The maximum Gasteiger partial charge on any atom is 0.280 e. The van der Waals surface area contributed by atoms with Crippen LogP contribution in [0.1, 0.15) is 41.2 Å². The van der Waals surface area contributed by atoms with Gasteiger partial charge in [0.2, 0.25) is 0 Å². The van der Waals surface area contributed by atoms with E-state index in [4.69, 9.17) is 17.4 Å². The minimum atomic E-state index is -0.654. The van der Waals surface area contributed by atoms with Crippen molar-refractivity contribution in [1.29, 1.82) is 0 Å². The fraction of sp³-hybridized carbons (Fsp3) is 0.400. The lowest BCUT2D eigenvalue weighted by molar-refractivity contribution is 0.102. The number of nitrogens with zero attached hydrogens (tertiary/aromatic N) is 5. The molecule has 4 N–H and O–H groups in total. The predicted octanol–water partition coefficient (Wildman–Crippen LogP) is -0.357. The minimum Gasteiger partial charge on any atom is -0.318 e. The first-order valence-electron chi connectivity index (χ1n) is 6.21. The molecule has 0 saturated heterocycles. The van der Waals surface area contributed by atoms with Crippen LogP contribution in [-0.2, 0) is 0 Å². The Morgan fingerprint density at radius 1 is 1.48 bits per heavy atom. The summed E-state index contributed by atoms with van der Waals surface area (Å²) in [6.45, 7) is 0. The summed E-state index contributed by atoms with van der Waals surface area (Å²) in [6, 6.07) is 0. The monoisotopic (exact) mass is 310 g/mol. The van der Waals surface area contributed by atoms with Gasteiger partial charge in [-0.25, -0.2) is 5.10 Å². The minimum absolute atomic E-state index is 0.0528. The van der Waals surface area contributed by atoms with Crippen LogP contribution in [0, 0.1) is 0 Å². The van der Waals surface area contributed by atoms with Crippen molar-refractivity contribution in [2.24, 2.45) is 0 Å². The van der Waals surface area contributed by atoms with E-state index in [2.05, 4.69) is 31.0 Å². The third kappa shape index (κ3) is 2.33. The van der Waals surface area contributed by atoms with Crippen molar-refractivity contribution in [2.45, 2.75) is 25.2 Å². The number of nitrogens with two attached hydrogens (primary N) is 1. The number of rotatable bonds is 3. The molecule has 2 aromatic rings. The van der Waals surface area contributed by atoms with Gasteiger partial charge >= 0.3 is 0 Å². The summed E-state index contributed by atoms with van der Waals surface area (Å²) in [5, 5.41) is 18.6. The first kappa shape index (κ1) is 13.5. The summed E-state index contributed by atoms with van der Waals surface area (Å²) in [6.07, 6.45) is 2.77. The molecule has 0 spiro atoms. The van der Waals surface area contributed by atoms with Crippen molar-refractivity contribution >= 4 is 23.5 Å². The van der Waals surface area contributed by atoms with Gasteiger partial charge in [0.15, 0.2) is 5.69 Å². The Morgan fingerprint density at radius 3 is 2.81 bits per heavy atom. The summed E-state index contributed by atoms with van der Waals surface area (Å²) in [5.74, 6) is 4.74. The number of H-pyrrole nitrogens is 1. The van der Waals surface area contributed by atoms with E-state index >= 15 is 0 Å². The van der Waals surface area contributed by atoms with Crippen LogP contribution >= 0.6 is 11.6 Å². The van der Waals surface area contributed by atoms with Gasteiger partial charge in [0.25, 0.3) is 17.4 Å². The second kappa shape index (κ2) is 5.13. The van der Waals surface area contributed by atoms with Gasteiger partial charge < -0.3 is 5.84 Å². The second-order valence-corrected chi connectivity index (χ2v) is 5.04. The standard InChI is InChI=1S/C10H11ClN8O2/c11-6-5(4-2-1-3-4)8(20)15-14-7(6)9(21)13-10-16-17-18-19(10)12/h4H,1-3,12H2,(H,15,20)(H,13,16,18,21). The number of anilines is 1. The van der Waals surface area contributed by atoms with Crippen LogP contribution in [-0.4, -0.2) is 36.4 Å². The Balaban J connectivity index is 1.93. The quantitative estimate of drug-likeness (QED) is 0.656. The summed E-state index contributed by atoms with van der Waals surface area (Å²) in [7, 11) is 0. The zero-order valence-electron chi connectivity index (χ0n) is 10.7. The van der Waals surface area contributed by atoms with Gasteiger partial charge in [-0.2, -0.15) is 5.10 Å². The summed E-state index contributed by atoms with van der Waals surface area (Å²) >= 11 is 6.16. The molecule has 11 heteroatoms. The summed E-state index contributed by atoms with van der Waals surface area (Å²) < 4.78 is 0. The fourth-order valence-electron chi connectivity index (χ4n) is 2.09. The van der Waals surface area contributed by atoms with Crippen LogP contribution in [0.4, 0.5) is 5.95 Å². The molecule has 0 unspecified atom stereocenters. The van der Waals surface area contributed by atoms with E-state index in [1.54, 1.807) is 0 Å². The van der Waals surface area contributed by atoms with E-state index in [-0.39, 0.29) is 28.1 Å². The van der Waals surface area contributed by atoms with Gasteiger partial charge in [-0.1, -0.05) is 23.1 Å². The number of nitrogens with one attached hydrogen (secondary N) is 2. The Hall–Kier alpha value is -2.49. The maximum atomic E-state index is 12.1. The molecule has 110 valence electrons. The maximum absolute atomic E-state index is 12.1. The zero-order chi connectivity index (χ0) is 15.0. The first-order valence-corrected chi connectivity index (χ1v) is 6.58.